The Morgan fingerprint density at radius 2 is 2.20 bits per heavy atom. The molecule has 0 aromatic carbocycles. The summed E-state index contributed by atoms with van der Waals surface area (Å²) in [6.07, 6.45) is 4.50. The lowest BCUT2D eigenvalue weighted by Gasteiger charge is -2.12. The predicted octanol–water partition coefficient (Wildman–Crippen LogP) is 1.43. The highest BCUT2D eigenvalue weighted by Crippen LogP contribution is 1.88. The minimum Gasteiger partial charge on any atom is -0.342 e. The zero-order valence-corrected chi connectivity index (χ0v) is 6.92. The van der Waals surface area contributed by atoms with Gasteiger partial charge in [0.1, 0.15) is 0 Å². The highest BCUT2D eigenvalue weighted by Gasteiger charge is 2.01. The van der Waals surface area contributed by atoms with Crippen molar-refractivity contribution in [3.05, 3.63) is 12.2 Å². The lowest BCUT2D eigenvalue weighted by atomic mass is 10.4. The molecule has 0 aromatic rings. The van der Waals surface area contributed by atoms with Gasteiger partial charge in [-0.25, -0.2) is 0 Å². The summed E-state index contributed by atoms with van der Waals surface area (Å²) in [5.41, 5.74) is 0. The fourth-order valence-electron chi connectivity index (χ4n) is 0.635. The van der Waals surface area contributed by atoms with E-state index < -0.39 is 0 Å². The molecule has 58 valence electrons. The average Bonchev–Trinajstić information content (AvgIpc) is 1.98. The Morgan fingerprint density at radius 1 is 1.60 bits per heavy atom. The Balaban J connectivity index is 3.61. The summed E-state index contributed by atoms with van der Waals surface area (Å²) in [5.74, 6) is 0.193. The van der Waals surface area contributed by atoms with Crippen LogP contribution < -0.4 is 0 Å². The molecule has 0 aromatic heterocycles. The van der Waals surface area contributed by atoms with Gasteiger partial charge < -0.3 is 4.90 Å². The SMILES string of the molecule is C/C=C/CN(C)C(=O)CC. The number of carbonyl (C=O) groups excluding carboxylic acids is 1. The van der Waals surface area contributed by atoms with Crippen molar-refractivity contribution in [1.82, 2.24) is 4.90 Å². The Labute approximate surface area is 62.5 Å². The molecular weight excluding hydrogens is 126 g/mol. The van der Waals surface area contributed by atoms with Crippen molar-refractivity contribution in [3.8, 4) is 0 Å². The third-order valence-electron chi connectivity index (χ3n) is 1.34. The van der Waals surface area contributed by atoms with Crippen LogP contribution in [0.15, 0.2) is 12.2 Å². The van der Waals surface area contributed by atoms with Crippen LogP contribution in [0.3, 0.4) is 0 Å². The van der Waals surface area contributed by atoms with Crippen molar-refractivity contribution in [1.29, 1.82) is 0 Å². The number of hydrogen-bond acceptors (Lipinski definition) is 1. The molecule has 0 aliphatic rings. The van der Waals surface area contributed by atoms with E-state index >= 15 is 0 Å². The van der Waals surface area contributed by atoms with Gasteiger partial charge in [0.15, 0.2) is 0 Å². The van der Waals surface area contributed by atoms with E-state index in [1.165, 1.54) is 0 Å². The third kappa shape index (κ3) is 3.28. The molecule has 0 radical (unpaired) electrons. The van der Waals surface area contributed by atoms with E-state index in [0.717, 1.165) is 6.54 Å². The zero-order valence-electron chi connectivity index (χ0n) is 6.92. The van der Waals surface area contributed by atoms with Gasteiger partial charge in [0, 0.05) is 20.0 Å². The lowest BCUT2D eigenvalue weighted by molar-refractivity contribution is -0.129. The largest absolute Gasteiger partial charge is 0.342 e. The number of carbonyl (C=O) groups is 1. The second-order valence-corrected chi connectivity index (χ2v) is 2.20. The number of rotatable bonds is 3. The first kappa shape index (κ1) is 9.21. The minimum atomic E-state index is 0.193. The molecular formula is C8H15NO. The molecule has 0 unspecified atom stereocenters. The van der Waals surface area contributed by atoms with Crippen LogP contribution in [-0.2, 0) is 4.79 Å². The van der Waals surface area contributed by atoms with E-state index in [1.54, 1.807) is 4.90 Å². The molecule has 2 nitrogen and oxygen atoms in total. The van der Waals surface area contributed by atoms with Gasteiger partial charge in [0.25, 0.3) is 0 Å². The van der Waals surface area contributed by atoms with Crippen molar-refractivity contribution < 1.29 is 4.79 Å². The van der Waals surface area contributed by atoms with Gasteiger partial charge in [-0.2, -0.15) is 0 Å². The normalized spacial score (nSPS) is 10.3. The zero-order chi connectivity index (χ0) is 7.98. The van der Waals surface area contributed by atoms with Crippen LogP contribution >= 0.6 is 0 Å². The van der Waals surface area contributed by atoms with Gasteiger partial charge in [-0.05, 0) is 6.92 Å². The summed E-state index contributed by atoms with van der Waals surface area (Å²) < 4.78 is 0. The predicted molar refractivity (Wildman–Crippen MR) is 42.7 cm³/mol. The van der Waals surface area contributed by atoms with Crippen LogP contribution in [0.1, 0.15) is 20.3 Å². The second-order valence-electron chi connectivity index (χ2n) is 2.20. The molecule has 0 rings (SSSR count). The van der Waals surface area contributed by atoms with E-state index in [0.29, 0.717) is 6.42 Å². The minimum absolute atomic E-state index is 0.193. The smallest absolute Gasteiger partial charge is 0.222 e. The van der Waals surface area contributed by atoms with Gasteiger partial charge in [-0.15, -0.1) is 0 Å². The van der Waals surface area contributed by atoms with Crippen LogP contribution in [0.5, 0.6) is 0 Å². The number of amides is 1. The Kier molecular flexibility index (Phi) is 4.63. The van der Waals surface area contributed by atoms with Gasteiger partial charge in [-0.3, -0.25) is 4.79 Å². The van der Waals surface area contributed by atoms with E-state index in [9.17, 15) is 4.79 Å². The van der Waals surface area contributed by atoms with E-state index in [-0.39, 0.29) is 5.91 Å². The molecule has 0 fully saturated rings. The van der Waals surface area contributed by atoms with Crippen LogP contribution in [0, 0.1) is 0 Å². The molecule has 0 saturated carbocycles. The van der Waals surface area contributed by atoms with E-state index in [4.69, 9.17) is 0 Å². The van der Waals surface area contributed by atoms with Crippen molar-refractivity contribution in [2.24, 2.45) is 0 Å². The molecule has 0 bridgehead atoms. The van der Waals surface area contributed by atoms with Crippen molar-refractivity contribution in [2.45, 2.75) is 20.3 Å². The Bertz CT molecular complexity index is 129. The van der Waals surface area contributed by atoms with Gasteiger partial charge in [0.05, 0.1) is 0 Å². The Hall–Kier alpha value is -0.790. The fourth-order valence-corrected chi connectivity index (χ4v) is 0.635. The standard InChI is InChI=1S/C8H15NO/c1-4-6-7-9(3)8(10)5-2/h4,6H,5,7H2,1-3H3/b6-4+. The second kappa shape index (κ2) is 5.03. The molecule has 0 aliphatic carbocycles. The summed E-state index contributed by atoms with van der Waals surface area (Å²) in [7, 11) is 1.81. The maximum absolute atomic E-state index is 10.9. The first-order valence-corrected chi connectivity index (χ1v) is 3.57. The molecule has 2 heteroatoms. The van der Waals surface area contributed by atoms with Crippen LogP contribution in [0.25, 0.3) is 0 Å². The number of nitrogens with zero attached hydrogens (tertiary/aromatic N) is 1. The summed E-state index contributed by atoms with van der Waals surface area (Å²) in [6, 6.07) is 0. The third-order valence-corrected chi connectivity index (χ3v) is 1.34. The summed E-state index contributed by atoms with van der Waals surface area (Å²) in [6.45, 7) is 4.54. The summed E-state index contributed by atoms with van der Waals surface area (Å²) in [4.78, 5) is 12.6. The fraction of sp³-hybridized carbons (Fsp3) is 0.625. The molecule has 0 spiro atoms. The molecule has 0 aliphatic heterocycles. The molecule has 1 amide bonds. The van der Waals surface area contributed by atoms with Crippen LogP contribution in [0.2, 0.25) is 0 Å². The monoisotopic (exact) mass is 141 g/mol. The summed E-state index contributed by atoms with van der Waals surface area (Å²) >= 11 is 0. The Morgan fingerprint density at radius 3 is 2.60 bits per heavy atom. The van der Waals surface area contributed by atoms with Crippen LogP contribution in [-0.4, -0.2) is 24.4 Å². The number of allylic oxidation sites excluding steroid dienone is 1. The molecule has 0 N–H and O–H groups in total. The molecule has 0 atom stereocenters. The highest BCUT2D eigenvalue weighted by molar-refractivity contribution is 5.75. The van der Waals surface area contributed by atoms with E-state index in [1.807, 2.05) is 33.0 Å². The van der Waals surface area contributed by atoms with Gasteiger partial charge >= 0.3 is 0 Å². The lowest BCUT2D eigenvalue weighted by Crippen LogP contribution is -2.25. The van der Waals surface area contributed by atoms with E-state index in [2.05, 4.69) is 0 Å². The average molecular weight is 141 g/mol. The quantitative estimate of drug-likeness (QED) is 0.544. The van der Waals surface area contributed by atoms with Crippen molar-refractivity contribution in [2.75, 3.05) is 13.6 Å². The molecule has 10 heavy (non-hydrogen) atoms. The molecule has 0 saturated heterocycles. The number of hydrogen-bond donors (Lipinski definition) is 0. The first-order valence-electron chi connectivity index (χ1n) is 3.57. The van der Waals surface area contributed by atoms with Gasteiger partial charge in [0.2, 0.25) is 5.91 Å². The number of likely N-dealkylation sites (N-methyl/N-ethyl adjacent to an activating group) is 1. The van der Waals surface area contributed by atoms with Crippen molar-refractivity contribution >= 4 is 5.91 Å². The molecule has 0 heterocycles. The topological polar surface area (TPSA) is 20.3 Å². The first-order chi connectivity index (χ1) is 4.72. The van der Waals surface area contributed by atoms with Crippen molar-refractivity contribution in [3.63, 3.8) is 0 Å². The summed E-state index contributed by atoms with van der Waals surface area (Å²) in [5, 5.41) is 0. The maximum atomic E-state index is 10.9. The van der Waals surface area contributed by atoms with Gasteiger partial charge in [-0.1, -0.05) is 19.1 Å². The highest BCUT2D eigenvalue weighted by atomic mass is 16.2. The maximum Gasteiger partial charge on any atom is 0.222 e. The van der Waals surface area contributed by atoms with Crippen LogP contribution in [0.4, 0.5) is 0 Å².